The van der Waals surface area contributed by atoms with Crippen LogP contribution in [0.15, 0.2) is 6.20 Å². The molecule has 20 heavy (non-hydrogen) atoms. The van der Waals surface area contributed by atoms with E-state index in [-0.39, 0.29) is 23.4 Å². The number of nitrogens with two attached hydrogens (primary N) is 1. The van der Waals surface area contributed by atoms with Gasteiger partial charge in [-0.1, -0.05) is 12.8 Å². The van der Waals surface area contributed by atoms with Crippen LogP contribution < -0.4 is 11.1 Å². The Labute approximate surface area is 119 Å². The topological polar surface area (TPSA) is 83.8 Å². The molecule has 5 heteroatoms. The van der Waals surface area contributed by atoms with Crippen LogP contribution in [0.25, 0.3) is 0 Å². The molecule has 1 heterocycles. The zero-order valence-electron chi connectivity index (χ0n) is 12.1. The van der Waals surface area contributed by atoms with E-state index in [1.54, 1.807) is 0 Å². The van der Waals surface area contributed by atoms with E-state index < -0.39 is 0 Å². The molecule has 2 aliphatic carbocycles. The van der Waals surface area contributed by atoms with Crippen molar-refractivity contribution in [2.45, 2.75) is 63.5 Å². The van der Waals surface area contributed by atoms with Crippen molar-refractivity contribution in [2.24, 2.45) is 11.7 Å². The first-order valence-corrected chi connectivity index (χ1v) is 7.66. The van der Waals surface area contributed by atoms with Crippen LogP contribution in [0.5, 0.6) is 0 Å². The molecule has 1 aromatic rings. The molecular weight excluding hydrogens is 252 g/mol. The Hall–Kier alpha value is -1.36. The van der Waals surface area contributed by atoms with Gasteiger partial charge in [0.05, 0.1) is 12.1 Å². The van der Waals surface area contributed by atoms with Gasteiger partial charge in [-0.25, -0.2) is 0 Å². The highest BCUT2D eigenvalue weighted by Gasteiger charge is 2.38. The monoisotopic (exact) mass is 276 g/mol. The quantitative estimate of drug-likeness (QED) is 0.761. The maximum Gasteiger partial charge on any atom is 0.225 e. The van der Waals surface area contributed by atoms with Gasteiger partial charge in [-0.3, -0.25) is 9.89 Å². The lowest BCUT2D eigenvalue weighted by molar-refractivity contribution is -0.128. The second kappa shape index (κ2) is 5.20. The van der Waals surface area contributed by atoms with E-state index in [9.17, 15) is 4.79 Å². The summed E-state index contributed by atoms with van der Waals surface area (Å²) in [5.41, 5.74) is 8.42. The van der Waals surface area contributed by atoms with Crippen molar-refractivity contribution in [3.63, 3.8) is 0 Å². The molecule has 1 fully saturated rings. The van der Waals surface area contributed by atoms with Gasteiger partial charge in [0, 0.05) is 17.3 Å². The fourth-order valence-corrected chi connectivity index (χ4v) is 3.63. The van der Waals surface area contributed by atoms with Crippen molar-refractivity contribution < 1.29 is 4.79 Å². The van der Waals surface area contributed by atoms with Crippen molar-refractivity contribution in [2.75, 3.05) is 0 Å². The van der Waals surface area contributed by atoms with Crippen LogP contribution in [0.2, 0.25) is 0 Å². The van der Waals surface area contributed by atoms with Crippen molar-refractivity contribution in [3.05, 3.63) is 17.5 Å². The minimum atomic E-state index is -0.349. The molecule has 0 aliphatic heterocycles. The third kappa shape index (κ3) is 2.59. The predicted molar refractivity (Wildman–Crippen MR) is 77.1 cm³/mol. The molecule has 1 amide bonds. The van der Waals surface area contributed by atoms with Crippen LogP contribution >= 0.6 is 0 Å². The minimum Gasteiger partial charge on any atom is -0.353 e. The summed E-state index contributed by atoms with van der Waals surface area (Å²) in [4.78, 5) is 12.5. The Morgan fingerprint density at radius 3 is 3.15 bits per heavy atom. The van der Waals surface area contributed by atoms with E-state index >= 15 is 0 Å². The molecule has 0 aromatic carbocycles. The van der Waals surface area contributed by atoms with Gasteiger partial charge in [0.2, 0.25) is 5.91 Å². The molecule has 1 saturated carbocycles. The van der Waals surface area contributed by atoms with Crippen molar-refractivity contribution in [1.29, 1.82) is 0 Å². The van der Waals surface area contributed by atoms with Crippen LogP contribution in [0.4, 0.5) is 0 Å². The summed E-state index contributed by atoms with van der Waals surface area (Å²) >= 11 is 0. The number of nitrogens with one attached hydrogen (secondary N) is 2. The number of amides is 1. The highest BCUT2D eigenvalue weighted by atomic mass is 16.2. The maximum atomic E-state index is 12.5. The van der Waals surface area contributed by atoms with Gasteiger partial charge in [-0.05, 0) is 44.6 Å². The molecule has 0 spiro atoms. The number of carbonyl (C=O) groups excluding carboxylic acids is 1. The second-order valence-corrected chi connectivity index (χ2v) is 6.63. The molecule has 1 aromatic heterocycles. The number of aromatic amines is 1. The fourth-order valence-electron chi connectivity index (χ4n) is 3.63. The third-order valence-electron chi connectivity index (χ3n) is 4.93. The van der Waals surface area contributed by atoms with Crippen LogP contribution in [-0.4, -0.2) is 27.7 Å². The maximum absolute atomic E-state index is 12.5. The van der Waals surface area contributed by atoms with Crippen LogP contribution in [0.3, 0.4) is 0 Å². The number of rotatable bonds is 2. The minimum absolute atomic E-state index is 0.0398. The lowest BCUT2D eigenvalue weighted by atomic mass is 9.74. The van der Waals surface area contributed by atoms with E-state index in [4.69, 9.17) is 5.73 Å². The molecule has 3 unspecified atom stereocenters. The molecule has 0 radical (unpaired) electrons. The largest absolute Gasteiger partial charge is 0.353 e. The van der Waals surface area contributed by atoms with Gasteiger partial charge in [0.25, 0.3) is 0 Å². The molecule has 0 bridgehead atoms. The Kier molecular flexibility index (Phi) is 3.54. The lowest BCUT2D eigenvalue weighted by Gasteiger charge is -2.38. The van der Waals surface area contributed by atoms with Crippen LogP contribution in [0, 0.1) is 5.92 Å². The summed E-state index contributed by atoms with van der Waals surface area (Å²) in [5.74, 6) is 0.105. The smallest absolute Gasteiger partial charge is 0.225 e. The molecule has 0 saturated heterocycles. The zero-order chi connectivity index (χ0) is 14.2. The number of fused-ring (bicyclic) bond motifs is 1. The van der Waals surface area contributed by atoms with E-state index in [0.29, 0.717) is 0 Å². The van der Waals surface area contributed by atoms with Gasteiger partial charge < -0.3 is 11.1 Å². The van der Waals surface area contributed by atoms with E-state index in [2.05, 4.69) is 15.5 Å². The van der Waals surface area contributed by atoms with Crippen molar-refractivity contribution in [1.82, 2.24) is 15.5 Å². The van der Waals surface area contributed by atoms with Gasteiger partial charge in [0.15, 0.2) is 0 Å². The standard InChI is InChI=1S/C15H24N4O/c1-15(16)7-3-2-4-12(15)14(20)18-11-5-6-13-10(8-11)9-17-19-13/h9,11-12H,2-8,16H2,1H3,(H,17,19)(H,18,20). The summed E-state index contributed by atoms with van der Waals surface area (Å²) in [6, 6.07) is 0.227. The number of H-pyrrole nitrogens is 1. The summed E-state index contributed by atoms with van der Waals surface area (Å²) in [6.45, 7) is 2.02. The summed E-state index contributed by atoms with van der Waals surface area (Å²) in [6.07, 6.45) is 8.82. The molecule has 5 nitrogen and oxygen atoms in total. The first-order valence-electron chi connectivity index (χ1n) is 7.66. The Balaban J connectivity index is 1.62. The average molecular weight is 276 g/mol. The van der Waals surface area contributed by atoms with Crippen LogP contribution in [0.1, 0.15) is 50.3 Å². The summed E-state index contributed by atoms with van der Waals surface area (Å²) in [5, 5.41) is 10.3. The highest BCUT2D eigenvalue weighted by molar-refractivity contribution is 5.80. The molecule has 110 valence electrons. The Morgan fingerprint density at radius 2 is 2.35 bits per heavy atom. The molecule has 4 N–H and O–H groups in total. The average Bonchev–Trinajstić information content (AvgIpc) is 2.85. The molecule has 3 atom stereocenters. The number of nitrogens with zero attached hydrogens (tertiary/aromatic N) is 1. The van der Waals surface area contributed by atoms with Gasteiger partial charge in [-0.15, -0.1) is 0 Å². The Morgan fingerprint density at radius 1 is 1.50 bits per heavy atom. The first-order chi connectivity index (χ1) is 9.56. The first kappa shape index (κ1) is 13.6. The predicted octanol–water partition coefficient (Wildman–Crippen LogP) is 1.29. The Bertz CT molecular complexity index is 494. The number of aryl methyl sites for hydroxylation is 1. The zero-order valence-corrected chi connectivity index (χ0v) is 12.1. The number of aromatic nitrogens is 2. The normalized spacial score (nSPS) is 33.5. The summed E-state index contributed by atoms with van der Waals surface area (Å²) < 4.78 is 0. The van der Waals surface area contributed by atoms with E-state index in [1.807, 2.05) is 13.1 Å². The second-order valence-electron chi connectivity index (χ2n) is 6.63. The third-order valence-corrected chi connectivity index (χ3v) is 4.93. The number of carbonyl (C=O) groups is 1. The van der Waals surface area contributed by atoms with Crippen molar-refractivity contribution >= 4 is 5.91 Å². The van der Waals surface area contributed by atoms with Gasteiger partial charge >= 0.3 is 0 Å². The van der Waals surface area contributed by atoms with Gasteiger partial charge in [0.1, 0.15) is 0 Å². The van der Waals surface area contributed by atoms with Crippen molar-refractivity contribution in [3.8, 4) is 0 Å². The SMILES string of the molecule is CC1(N)CCCCC1C(=O)NC1CCc2[nH]ncc2C1. The van der Waals surface area contributed by atoms with Crippen LogP contribution in [-0.2, 0) is 17.6 Å². The molecular formula is C15H24N4O. The number of hydrogen-bond donors (Lipinski definition) is 3. The van der Waals surface area contributed by atoms with E-state index in [1.165, 1.54) is 11.3 Å². The van der Waals surface area contributed by atoms with E-state index in [0.717, 1.165) is 44.9 Å². The molecule has 2 aliphatic rings. The number of hydrogen-bond acceptors (Lipinski definition) is 3. The summed E-state index contributed by atoms with van der Waals surface area (Å²) in [7, 11) is 0. The van der Waals surface area contributed by atoms with Gasteiger partial charge in [-0.2, -0.15) is 5.10 Å². The highest BCUT2D eigenvalue weighted by Crippen LogP contribution is 2.32. The lowest BCUT2D eigenvalue weighted by Crippen LogP contribution is -2.54. The molecule has 3 rings (SSSR count). The fraction of sp³-hybridized carbons (Fsp3) is 0.733.